The molecule has 1 aliphatic heterocycles. The summed E-state index contributed by atoms with van der Waals surface area (Å²) < 4.78 is 5.39. The summed E-state index contributed by atoms with van der Waals surface area (Å²) in [4.78, 5) is 2.57. The van der Waals surface area contributed by atoms with Crippen LogP contribution in [0.1, 0.15) is 27.2 Å². The SMILES string of the molecule is CCCNCC(C(C)C)N1CCOCC1. The van der Waals surface area contributed by atoms with Crippen LogP contribution in [-0.2, 0) is 4.74 Å². The fourth-order valence-corrected chi connectivity index (χ4v) is 2.12. The number of nitrogens with zero attached hydrogens (tertiary/aromatic N) is 1. The largest absolute Gasteiger partial charge is 0.379 e. The molecular weight excluding hydrogens is 188 g/mol. The lowest BCUT2D eigenvalue weighted by Crippen LogP contribution is -2.50. The Labute approximate surface area is 94.2 Å². The lowest BCUT2D eigenvalue weighted by Gasteiger charge is -2.37. The van der Waals surface area contributed by atoms with E-state index in [0.29, 0.717) is 12.0 Å². The van der Waals surface area contributed by atoms with Gasteiger partial charge in [-0.05, 0) is 18.9 Å². The molecule has 3 nitrogen and oxygen atoms in total. The third kappa shape index (κ3) is 4.49. The lowest BCUT2D eigenvalue weighted by atomic mass is 10.0. The van der Waals surface area contributed by atoms with Crippen LogP contribution in [0.4, 0.5) is 0 Å². The smallest absolute Gasteiger partial charge is 0.0594 e. The summed E-state index contributed by atoms with van der Waals surface area (Å²) in [5.74, 6) is 0.715. The van der Waals surface area contributed by atoms with Crippen molar-refractivity contribution in [3.63, 3.8) is 0 Å². The van der Waals surface area contributed by atoms with Gasteiger partial charge >= 0.3 is 0 Å². The van der Waals surface area contributed by atoms with Crippen LogP contribution in [-0.4, -0.2) is 50.3 Å². The van der Waals surface area contributed by atoms with Crippen LogP contribution in [0.2, 0.25) is 0 Å². The average Bonchev–Trinajstić information content (AvgIpc) is 2.25. The molecule has 3 heteroatoms. The molecule has 1 fully saturated rings. The number of rotatable bonds is 6. The quantitative estimate of drug-likeness (QED) is 0.675. The third-order valence-corrected chi connectivity index (χ3v) is 3.06. The maximum Gasteiger partial charge on any atom is 0.0594 e. The van der Waals surface area contributed by atoms with Crippen molar-refractivity contribution in [3.8, 4) is 0 Å². The Morgan fingerprint density at radius 1 is 1.27 bits per heavy atom. The molecule has 90 valence electrons. The highest BCUT2D eigenvalue weighted by molar-refractivity contribution is 4.78. The van der Waals surface area contributed by atoms with Crippen molar-refractivity contribution in [3.05, 3.63) is 0 Å². The van der Waals surface area contributed by atoms with Gasteiger partial charge in [0.1, 0.15) is 0 Å². The van der Waals surface area contributed by atoms with Gasteiger partial charge in [0.05, 0.1) is 13.2 Å². The molecule has 0 amide bonds. The predicted octanol–water partition coefficient (Wildman–Crippen LogP) is 1.34. The third-order valence-electron chi connectivity index (χ3n) is 3.06. The van der Waals surface area contributed by atoms with Crippen molar-refractivity contribution < 1.29 is 4.74 Å². The van der Waals surface area contributed by atoms with E-state index in [1.807, 2.05) is 0 Å². The summed E-state index contributed by atoms with van der Waals surface area (Å²) >= 11 is 0. The van der Waals surface area contributed by atoms with Crippen LogP contribution in [0.25, 0.3) is 0 Å². The number of hydrogen-bond donors (Lipinski definition) is 1. The first-order valence-corrected chi connectivity index (χ1v) is 6.28. The summed E-state index contributed by atoms with van der Waals surface area (Å²) in [7, 11) is 0. The molecule has 1 heterocycles. The molecule has 1 rings (SSSR count). The highest BCUT2D eigenvalue weighted by Crippen LogP contribution is 2.12. The van der Waals surface area contributed by atoms with Gasteiger partial charge in [-0.2, -0.15) is 0 Å². The summed E-state index contributed by atoms with van der Waals surface area (Å²) in [6, 6.07) is 0.667. The normalized spacial score (nSPS) is 20.8. The molecule has 0 aromatic carbocycles. The maximum atomic E-state index is 5.39. The van der Waals surface area contributed by atoms with Crippen molar-refractivity contribution in [2.45, 2.75) is 33.2 Å². The van der Waals surface area contributed by atoms with E-state index in [9.17, 15) is 0 Å². The summed E-state index contributed by atoms with van der Waals surface area (Å²) in [6.45, 7) is 13.1. The first-order chi connectivity index (χ1) is 7.25. The standard InChI is InChI=1S/C12H26N2O/c1-4-5-13-10-12(11(2)3)14-6-8-15-9-7-14/h11-13H,4-10H2,1-3H3. The summed E-state index contributed by atoms with van der Waals surface area (Å²) in [5, 5.41) is 3.53. The Bertz CT molecular complexity index is 156. The van der Waals surface area contributed by atoms with Crippen LogP contribution in [0.3, 0.4) is 0 Å². The second-order valence-electron chi connectivity index (χ2n) is 4.66. The molecule has 0 aromatic rings. The van der Waals surface area contributed by atoms with E-state index in [2.05, 4.69) is 31.0 Å². The fraction of sp³-hybridized carbons (Fsp3) is 1.00. The van der Waals surface area contributed by atoms with Gasteiger partial charge in [-0.15, -0.1) is 0 Å². The number of hydrogen-bond acceptors (Lipinski definition) is 3. The zero-order chi connectivity index (χ0) is 11.1. The molecule has 1 saturated heterocycles. The van der Waals surface area contributed by atoms with Gasteiger partial charge in [-0.3, -0.25) is 4.90 Å². The zero-order valence-corrected chi connectivity index (χ0v) is 10.5. The first-order valence-electron chi connectivity index (χ1n) is 6.28. The molecular formula is C12H26N2O. The van der Waals surface area contributed by atoms with Gasteiger partial charge in [0.15, 0.2) is 0 Å². The minimum absolute atomic E-state index is 0.667. The Morgan fingerprint density at radius 3 is 2.47 bits per heavy atom. The van der Waals surface area contributed by atoms with Crippen molar-refractivity contribution in [1.82, 2.24) is 10.2 Å². The van der Waals surface area contributed by atoms with Gasteiger partial charge in [0, 0.05) is 25.7 Å². The van der Waals surface area contributed by atoms with E-state index in [-0.39, 0.29) is 0 Å². The molecule has 0 bridgehead atoms. The number of morpholine rings is 1. The Kier molecular flexibility index (Phi) is 6.22. The van der Waals surface area contributed by atoms with E-state index in [0.717, 1.165) is 39.4 Å². The van der Waals surface area contributed by atoms with Crippen LogP contribution in [0.15, 0.2) is 0 Å². The molecule has 1 unspecified atom stereocenters. The van der Waals surface area contributed by atoms with Crippen molar-refractivity contribution >= 4 is 0 Å². The molecule has 0 aromatic heterocycles. The molecule has 0 radical (unpaired) electrons. The van der Waals surface area contributed by atoms with Gasteiger partial charge in [0.2, 0.25) is 0 Å². The van der Waals surface area contributed by atoms with Crippen molar-refractivity contribution in [2.75, 3.05) is 39.4 Å². The minimum atomic E-state index is 0.667. The fourth-order valence-electron chi connectivity index (χ4n) is 2.12. The van der Waals surface area contributed by atoms with Crippen molar-refractivity contribution in [2.24, 2.45) is 5.92 Å². The van der Waals surface area contributed by atoms with Crippen LogP contribution in [0, 0.1) is 5.92 Å². The zero-order valence-electron chi connectivity index (χ0n) is 10.5. The monoisotopic (exact) mass is 214 g/mol. The van der Waals surface area contributed by atoms with E-state index >= 15 is 0 Å². The second kappa shape index (κ2) is 7.20. The number of nitrogens with one attached hydrogen (secondary N) is 1. The first kappa shape index (κ1) is 12.9. The summed E-state index contributed by atoms with van der Waals surface area (Å²) in [6.07, 6.45) is 1.22. The molecule has 0 spiro atoms. The Morgan fingerprint density at radius 2 is 1.93 bits per heavy atom. The highest BCUT2D eigenvalue weighted by Gasteiger charge is 2.22. The summed E-state index contributed by atoms with van der Waals surface area (Å²) in [5.41, 5.74) is 0. The van der Waals surface area contributed by atoms with E-state index < -0.39 is 0 Å². The van der Waals surface area contributed by atoms with Crippen LogP contribution in [0.5, 0.6) is 0 Å². The van der Waals surface area contributed by atoms with E-state index in [1.54, 1.807) is 0 Å². The molecule has 0 saturated carbocycles. The number of ether oxygens (including phenoxy) is 1. The molecule has 15 heavy (non-hydrogen) atoms. The van der Waals surface area contributed by atoms with Crippen LogP contribution < -0.4 is 5.32 Å². The molecule has 1 atom stereocenters. The Hall–Kier alpha value is -0.120. The molecule has 1 aliphatic rings. The predicted molar refractivity (Wildman–Crippen MR) is 64.2 cm³/mol. The van der Waals surface area contributed by atoms with E-state index in [1.165, 1.54) is 6.42 Å². The Balaban J connectivity index is 2.34. The molecule has 1 N–H and O–H groups in total. The second-order valence-corrected chi connectivity index (χ2v) is 4.66. The van der Waals surface area contributed by atoms with E-state index in [4.69, 9.17) is 4.74 Å². The lowest BCUT2D eigenvalue weighted by molar-refractivity contribution is 0.00660. The van der Waals surface area contributed by atoms with Crippen molar-refractivity contribution in [1.29, 1.82) is 0 Å². The maximum absolute atomic E-state index is 5.39. The van der Waals surface area contributed by atoms with Crippen LogP contribution >= 0.6 is 0 Å². The molecule has 0 aliphatic carbocycles. The highest BCUT2D eigenvalue weighted by atomic mass is 16.5. The topological polar surface area (TPSA) is 24.5 Å². The minimum Gasteiger partial charge on any atom is -0.379 e. The average molecular weight is 214 g/mol. The van der Waals surface area contributed by atoms with Gasteiger partial charge < -0.3 is 10.1 Å². The van der Waals surface area contributed by atoms with Gasteiger partial charge in [-0.1, -0.05) is 20.8 Å². The van der Waals surface area contributed by atoms with Gasteiger partial charge in [0.25, 0.3) is 0 Å². The van der Waals surface area contributed by atoms with Gasteiger partial charge in [-0.25, -0.2) is 0 Å².